The number of halogens is 5. The van der Waals surface area contributed by atoms with Crippen molar-refractivity contribution in [3.8, 4) is 0 Å². The van der Waals surface area contributed by atoms with E-state index in [4.69, 9.17) is 0 Å². The zero-order chi connectivity index (χ0) is 29.2. The third kappa shape index (κ3) is 4.39. The summed E-state index contributed by atoms with van der Waals surface area (Å²) >= 11 is 0. The van der Waals surface area contributed by atoms with E-state index in [1.54, 1.807) is 12.3 Å². The summed E-state index contributed by atoms with van der Waals surface area (Å²) in [6.07, 6.45) is 0.687. The summed E-state index contributed by atoms with van der Waals surface area (Å²) in [6, 6.07) is 13.6. The molecule has 0 radical (unpaired) electrons. The van der Waals surface area contributed by atoms with Gasteiger partial charge < -0.3 is 5.11 Å². The van der Waals surface area contributed by atoms with Crippen molar-refractivity contribution in [2.75, 3.05) is 0 Å². The van der Waals surface area contributed by atoms with Crippen LogP contribution in [0.2, 0.25) is 0 Å². The number of pyridine rings is 1. The standard InChI is InChI=1S/C33H34F5NO2/c1-30-19-27(21-8-5-20(6-9-21)7-11-23-4-2-3-17-39-23)29-25-14-12-24(40)18-22(25)10-13-26(29)28(30)15-16-31(30,41)32(34,35)33(36,37)38/h2-6,8-9,17-18,26-28,41H,7,10-16,19H2,1H3/t26-,27+,28-,30-,31-/m0/s1. The van der Waals surface area contributed by atoms with Crippen LogP contribution in [0.1, 0.15) is 74.6 Å². The van der Waals surface area contributed by atoms with E-state index in [-0.39, 0.29) is 24.5 Å². The minimum Gasteiger partial charge on any atom is -0.383 e. The summed E-state index contributed by atoms with van der Waals surface area (Å²) in [6.45, 7) is 1.45. The molecule has 5 atom stereocenters. The third-order valence-electron chi connectivity index (χ3n) is 10.5. The Hall–Kier alpha value is -2.87. The number of aryl methyl sites for hydroxylation is 2. The lowest BCUT2D eigenvalue weighted by Gasteiger charge is -2.56. The summed E-state index contributed by atoms with van der Waals surface area (Å²) in [5, 5.41) is 11.4. The highest BCUT2D eigenvalue weighted by molar-refractivity contribution is 5.93. The number of nitrogens with zero attached hydrogens (tertiary/aromatic N) is 1. The fourth-order valence-corrected chi connectivity index (χ4v) is 8.45. The SMILES string of the molecule is C[C@]12C[C@H](c3ccc(CCc4ccccn4)cc3)C3=C4CCC(=O)C=C4CC[C@H]3[C@@H]1CC[C@@]2(O)C(F)(F)C(F)(F)F. The first-order valence-electron chi connectivity index (χ1n) is 14.5. The highest BCUT2D eigenvalue weighted by atomic mass is 19.4. The van der Waals surface area contributed by atoms with E-state index in [0.29, 0.717) is 25.7 Å². The Morgan fingerprint density at radius 1 is 0.976 bits per heavy atom. The Labute approximate surface area is 236 Å². The van der Waals surface area contributed by atoms with Crippen molar-refractivity contribution in [1.82, 2.24) is 4.98 Å². The lowest BCUT2D eigenvalue weighted by Crippen LogP contribution is -2.65. The topological polar surface area (TPSA) is 50.2 Å². The predicted octanol–water partition coefficient (Wildman–Crippen LogP) is 7.70. The predicted molar refractivity (Wildman–Crippen MR) is 144 cm³/mol. The lowest BCUT2D eigenvalue weighted by molar-refractivity contribution is -0.362. The molecule has 1 aromatic heterocycles. The van der Waals surface area contributed by atoms with Gasteiger partial charge in [-0.2, -0.15) is 22.0 Å². The highest BCUT2D eigenvalue weighted by Crippen LogP contribution is 2.70. The van der Waals surface area contributed by atoms with Gasteiger partial charge in [0, 0.05) is 29.6 Å². The van der Waals surface area contributed by atoms with Crippen LogP contribution in [0.3, 0.4) is 0 Å². The van der Waals surface area contributed by atoms with Crippen LogP contribution in [0, 0.1) is 17.3 Å². The van der Waals surface area contributed by atoms with E-state index in [9.17, 15) is 23.1 Å². The number of fused-ring (bicyclic) bond motifs is 4. The van der Waals surface area contributed by atoms with Crippen LogP contribution < -0.4 is 0 Å². The van der Waals surface area contributed by atoms with Gasteiger partial charge in [0.25, 0.3) is 0 Å². The van der Waals surface area contributed by atoms with Crippen LogP contribution in [-0.2, 0) is 17.6 Å². The number of hydrogen-bond acceptors (Lipinski definition) is 3. The van der Waals surface area contributed by atoms with Crippen molar-refractivity contribution in [2.24, 2.45) is 17.3 Å². The number of hydrogen-bond donors (Lipinski definition) is 1. The molecule has 4 aliphatic carbocycles. The average molecular weight is 572 g/mol. The normalized spacial score (nSPS) is 31.8. The second-order valence-electron chi connectivity index (χ2n) is 12.5. The molecule has 1 N–H and O–H groups in total. The molecule has 0 saturated heterocycles. The van der Waals surface area contributed by atoms with E-state index in [1.807, 2.05) is 42.5 Å². The van der Waals surface area contributed by atoms with Crippen LogP contribution >= 0.6 is 0 Å². The molecule has 0 aliphatic heterocycles. The first-order chi connectivity index (χ1) is 19.4. The Morgan fingerprint density at radius 2 is 1.73 bits per heavy atom. The van der Waals surface area contributed by atoms with Gasteiger partial charge >= 0.3 is 12.1 Å². The maximum atomic E-state index is 15.1. The van der Waals surface area contributed by atoms with Crippen molar-refractivity contribution in [3.63, 3.8) is 0 Å². The van der Waals surface area contributed by atoms with Crippen LogP contribution in [0.5, 0.6) is 0 Å². The van der Waals surface area contributed by atoms with E-state index in [1.165, 1.54) is 6.92 Å². The molecule has 41 heavy (non-hydrogen) atoms. The van der Waals surface area contributed by atoms with Gasteiger partial charge in [0.05, 0.1) is 0 Å². The smallest absolute Gasteiger partial charge is 0.383 e. The maximum Gasteiger partial charge on any atom is 0.456 e. The van der Waals surface area contributed by atoms with Crippen LogP contribution in [0.25, 0.3) is 0 Å². The molecule has 0 unspecified atom stereocenters. The number of allylic oxidation sites excluding steroid dienone is 4. The van der Waals surface area contributed by atoms with Crippen LogP contribution in [0.4, 0.5) is 22.0 Å². The molecule has 0 amide bonds. The summed E-state index contributed by atoms with van der Waals surface area (Å²) < 4.78 is 71.5. The Balaban J connectivity index is 1.41. The fourth-order valence-electron chi connectivity index (χ4n) is 8.45. The monoisotopic (exact) mass is 571 g/mol. The van der Waals surface area contributed by atoms with Crippen LogP contribution in [-0.4, -0.2) is 33.6 Å². The largest absolute Gasteiger partial charge is 0.456 e. The molecule has 2 fully saturated rings. The van der Waals surface area contributed by atoms with Gasteiger partial charge in [-0.3, -0.25) is 9.78 Å². The average Bonchev–Trinajstić information content (AvgIpc) is 3.23. The second kappa shape index (κ2) is 9.85. The molecule has 1 heterocycles. The van der Waals surface area contributed by atoms with Gasteiger partial charge in [-0.25, -0.2) is 0 Å². The van der Waals surface area contributed by atoms with Gasteiger partial charge in [-0.1, -0.05) is 42.8 Å². The van der Waals surface area contributed by atoms with Crippen molar-refractivity contribution < 1.29 is 31.9 Å². The second-order valence-corrected chi connectivity index (χ2v) is 12.5. The minimum atomic E-state index is -5.85. The summed E-state index contributed by atoms with van der Waals surface area (Å²) in [5.74, 6) is -6.31. The molecule has 3 nitrogen and oxygen atoms in total. The van der Waals surface area contributed by atoms with E-state index >= 15 is 8.78 Å². The van der Waals surface area contributed by atoms with Crippen LogP contribution in [0.15, 0.2) is 71.5 Å². The molecular weight excluding hydrogens is 537 g/mol. The minimum absolute atomic E-state index is 0.0102. The fraction of sp³-hybridized carbons (Fsp3) is 0.515. The van der Waals surface area contributed by atoms with Gasteiger partial charge in [-0.05, 0) is 104 Å². The summed E-state index contributed by atoms with van der Waals surface area (Å²) in [5.41, 5.74) is 1.18. The van der Waals surface area contributed by atoms with E-state index in [2.05, 4.69) is 4.98 Å². The quantitative estimate of drug-likeness (QED) is 0.374. The number of aliphatic hydroxyl groups is 1. The van der Waals surface area contributed by atoms with Crippen molar-refractivity contribution >= 4 is 5.78 Å². The molecule has 8 heteroatoms. The van der Waals surface area contributed by atoms with E-state index in [0.717, 1.165) is 46.4 Å². The van der Waals surface area contributed by atoms with Gasteiger partial charge in [-0.15, -0.1) is 0 Å². The first kappa shape index (κ1) is 28.3. The highest BCUT2D eigenvalue weighted by Gasteiger charge is 2.79. The van der Waals surface area contributed by atoms with Crippen molar-refractivity contribution in [3.05, 3.63) is 88.3 Å². The molecule has 0 bridgehead atoms. The zero-order valence-electron chi connectivity index (χ0n) is 23.0. The molecule has 0 spiro atoms. The maximum absolute atomic E-state index is 15.1. The third-order valence-corrected chi connectivity index (χ3v) is 10.5. The number of benzene rings is 1. The van der Waals surface area contributed by atoms with Gasteiger partial charge in [0.2, 0.25) is 0 Å². The number of alkyl halides is 5. The van der Waals surface area contributed by atoms with Crippen molar-refractivity contribution in [1.29, 1.82) is 0 Å². The molecular formula is C33H34F5NO2. The summed E-state index contributed by atoms with van der Waals surface area (Å²) in [7, 11) is 0. The molecule has 2 aromatic rings. The zero-order valence-corrected chi connectivity index (χ0v) is 23.0. The Kier molecular flexibility index (Phi) is 6.79. The molecule has 1 aromatic carbocycles. The van der Waals surface area contributed by atoms with E-state index < -0.39 is 41.4 Å². The number of aromatic nitrogens is 1. The molecule has 2 saturated carbocycles. The molecule has 4 aliphatic rings. The lowest BCUT2D eigenvalue weighted by atomic mass is 9.50. The number of ketones is 1. The molecule has 218 valence electrons. The molecule has 6 rings (SSSR count). The van der Waals surface area contributed by atoms with Crippen molar-refractivity contribution in [2.45, 2.75) is 88.3 Å². The number of carbonyl (C=O) groups excluding carboxylic acids is 1. The Bertz CT molecular complexity index is 1400. The van der Waals surface area contributed by atoms with Gasteiger partial charge in [0.15, 0.2) is 5.78 Å². The Morgan fingerprint density at radius 3 is 2.41 bits per heavy atom. The number of carbonyl (C=O) groups is 1. The van der Waals surface area contributed by atoms with Gasteiger partial charge in [0.1, 0.15) is 5.60 Å². The number of rotatable bonds is 5. The summed E-state index contributed by atoms with van der Waals surface area (Å²) in [4.78, 5) is 16.6. The first-order valence-corrected chi connectivity index (χ1v) is 14.5.